The summed E-state index contributed by atoms with van der Waals surface area (Å²) in [4.78, 5) is 0. The van der Waals surface area contributed by atoms with Crippen LogP contribution >= 0.6 is 0 Å². The van der Waals surface area contributed by atoms with Crippen LogP contribution in [0.25, 0.3) is 0 Å². The molecule has 5 nitrogen and oxygen atoms in total. The number of aliphatic hydroxyl groups excluding tert-OH is 3. The van der Waals surface area contributed by atoms with Crippen LogP contribution < -0.4 is 0 Å². The molecule has 2 aliphatic heterocycles. The fourth-order valence-electron chi connectivity index (χ4n) is 9.28. The standard InChI is InChI=1S/C27H46O5/c1-16-7-10-27(31-15-16)17(2)23-22(32-27)14-21(26(23,4)11-12-28)20-6-5-18-13-19(29)8-9-25(18,3)24(20)30/h16-24,28-30H,5-15H2,1-4H3/t16-,17+,18+,19+,20?,21?,22+,23+,24+,25+,26+,27-/m1/s1. The Labute approximate surface area is 194 Å². The molecule has 5 heteroatoms. The molecule has 1 spiro atoms. The second-order valence-electron chi connectivity index (χ2n) is 12.9. The van der Waals surface area contributed by atoms with Crippen LogP contribution in [0.4, 0.5) is 0 Å². The largest absolute Gasteiger partial charge is 0.396 e. The van der Waals surface area contributed by atoms with Crippen molar-refractivity contribution in [3.8, 4) is 0 Å². The molecular formula is C27H46O5. The average Bonchev–Trinajstić information content (AvgIpc) is 3.18. The van der Waals surface area contributed by atoms with Gasteiger partial charge in [-0.1, -0.05) is 27.7 Å². The summed E-state index contributed by atoms with van der Waals surface area (Å²) in [5.74, 6) is 1.81. The summed E-state index contributed by atoms with van der Waals surface area (Å²) in [6.45, 7) is 10.2. The van der Waals surface area contributed by atoms with Gasteiger partial charge in [0.1, 0.15) is 0 Å². The fourth-order valence-corrected chi connectivity index (χ4v) is 9.28. The Kier molecular flexibility index (Phi) is 6.02. The second-order valence-corrected chi connectivity index (χ2v) is 12.9. The van der Waals surface area contributed by atoms with Crippen molar-refractivity contribution < 1.29 is 24.8 Å². The summed E-state index contributed by atoms with van der Waals surface area (Å²) >= 11 is 0. The first-order valence-electron chi connectivity index (χ1n) is 13.4. The summed E-state index contributed by atoms with van der Waals surface area (Å²) in [6.07, 6.45) is 8.13. The van der Waals surface area contributed by atoms with Crippen LogP contribution in [-0.2, 0) is 9.47 Å². The molecule has 184 valence electrons. The molecular weight excluding hydrogens is 404 g/mol. The third-order valence-corrected chi connectivity index (χ3v) is 11.3. The minimum atomic E-state index is -0.453. The maximum absolute atomic E-state index is 11.8. The average molecular weight is 451 g/mol. The topological polar surface area (TPSA) is 79.2 Å². The molecule has 2 unspecified atom stereocenters. The molecule has 3 saturated carbocycles. The predicted molar refractivity (Wildman–Crippen MR) is 123 cm³/mol. The smallest absolute Gasteiger partial charge is 0.171 e. The van der Waals surface area contributed by atoms with Crippen molar-refractivity contribution in [3.05, 3.63) is 0 Å². The van der Waals surface area contributed by atoms with Gasteiger partial charge in [-0.05, 0) is 91.8 Å². The minimum absolute atomic E-state index is 0.0578. The summed E-state index contributed by atoms with van der Waals surface area (Å²) in [5.41, 5.74) is -0.159. The van der Waals surface area contributed by atoms with Gasteiger partial charge in [-0.15, -0.1) is 0 Å². The van der Waals surface area contributed by atoms with E-state index in [1.165, 1.54) is 0 Å². The van der Waals surface area contributed by atoms with Gasteiger partial charge in [0.05, 0.1) is 24.9 Å². The highest BCUT2D eigenvalue weighted by molar-refractivity contribution is 5.13. The Bertz CT molecular complexity index is 690. The van der Waals surface area contributed by atoms with Crippen LogP contribution in [-0.4, -0.2) is 52.6 Å². The van der Waals surface area contributed by atoms with Gasteiger partial charge >= 0.3 is 0 Å². The molecule has 3 aliphatic carbocycles. The molecule has 5 aliphatic rings. The molecule has 2 heterocycles. The molecule has 3 N–H and O–H groups in total. The van der Waals surface area contributed by atoms with Crippen molar-refractivity contribution in [3.63, 3.8) is 0 Å². The van der Waals surface area contributed by atoms with Crippen LogP contribution in [0, 0.1) is 46.3 Å². The Morgan fingerprint density at radius 2 is 1.75 bits per heavy atom. The van der Waals surface area contributed by atoms with E-state index in [4.69, 9.17) is 9.47 Å². The number of hydrogen-bond acceptors (Lipinski definition) is 5. The van der Waals surface area contributed by atoms with Crippen LogP contribution in [0.15, 0.2) is 0 Å². The van der Waals surface area contributed by atoms with Crippen LogP contribution in [0.2, 0.25) is 0 Å². The lowest BCUT2D eigenvalue weighted by Gasteiger charge is -2.56. The minimum Gasteiger partial charge on any atom is -0.396 e. The first-order chi connectivity index (χ1) is 15.1. The first-order valence-corrected chi connectivity index (χ1v) is 13.4. The Morgan fingerprint density at radius 1 is 0.969 bits per heavy atom. The third-order valence-electron chi connectivity index (χ3n) is 11.3. The molecule has 0 amide bonds. The third kappa shape index (κ3) is 3.36. The molecule has 32 heavy (non-hydrogen) atoms. The molecule has 5 fully saturated rings. The van der Waals surface area contributed by atoms with E-state index in [1.807, 2.05) is 0 Å². The normalized spacial score (nSPS) is 58.0. The number of hydrogen-bond donors (Lipinski definition) is 3. The van der Waals surface area contributed by atoms with E-state index in [9.17, 15) is 15.3 Å². The molecule has 12 atom stereocenters. The van der Waals surface area contributed by atoms with Crippen molar-refractivity contribution in [2.75, 3.05) is 13.2 Å². The number of rotatable bonds is 3. The highest BCUT2D eigenvalue weighted by Gasteiger charge is 2.67. The van der Waals surface area contributed by atoms with Gasteiger partial charge in [-0.25, -0.2) is 0 Å². The van der Waals surface area contributed by atoms with Gasteiger partial charge in [0, 0.05) is 18.9 Å². The maximum Gasteiger partial charge on any atom is 0.171 e. The van der Waals surface area contributed by atoms with Crippen LogP contribution in [0.5, 0.6) is 0 Å². The quantitative estimate of drug-likeness (QED) is 0.603. The number of fused-ring (bicyclic) bond motifs is 2. The molecule has 0 bridgehead atoms. The lowest BCUT2D eigenvalue weighted by Crippen LogP contribution is -2.55. The Balaban J connectivity index is 1.40. The van der Waals surface area contributed by atoms with Gasteiger partial charge in [0.2, 0.25) is 0 Å². The zero-order chi connectivity index (χ0) is 22.9. The van der Waals surface area contributed by atoms with Crippen molar-refractivity contribution >= 4 is 0 Å². The van der Waals surface area contributed by atoms with E-state index in [-0.39, 0.29) is 41.7 Å². The molecule has 0 aromatic carbocycles. The number of ether oxygens (including phenoxy) is 2. The Hall–Kier alpha value is -0.200. The zero-order valence-corrected chi connectivity index (χ0v) is 20.6. The van der Waals surface area contributed by atoms with E-state index in [2.05, 4.69) is 27.7 Å². The monoisotopic (exact) mass is 450 g/mol. The van der Waals surface area contributed by atoms with Crippen LogP contribution in [0.1, 0.15) is 85.5 Å². The van der Waals surface area contributed by atoms with Gasteiger partial charge in [-0.3, -0.25) is 0 Å². The lowest BCUT2D eigenvalue weighted by atomic mass is 9.51. The van der Waals surface area contributed by atoms with Crippen molar-refractivity contribution in [1.29, 1.82) is 0 Å². The highest BCUT2D eigenvalue weighted by atomic mass is 16.7. The van der Waals surface area contributed by atoms with Crippen LogP contribution in [0.3, 0.4) is 0 Å². The van der Waals surface area contributed by atoms with Gasteiger partial charge in [0.25, 0.3) is 0 Å². The second kappa shape index (κ2) is 8.19. The summed E-state index contributed by atoms with van der Waals surface area (Å²) in [7, 11) is 0. The molecule has 0 aromatic rings. The SMILES string of the molecule is C[C@@H]1CC[C@@]2(OC1)O[C@H]1CC(C3CC[C@H]4C[C@@H](O)CC[C@]4(C)[C@H]3O)[C@](C)(CCO)[C@H]1[C@@H]2C. The van der Waals surface area contributed by atoms with Gasteiger partial charge in [0.15, 0.2) is 5.79 Å². The van der Waals surface area contributed by atoms with Gasteiger partial charge in [-0.2, -0.15) is 0 Å². The number of aliphatic hydroxyl groups is 3. The maximum atomic E-state index is 11.8. The molecule has 2 saturated heterocycles. The van der Waals surface area contributed by atoms with Crippen molar-refractivity contribution in [1.82, 2.24) is 0 Å². The van der Waals surface area contributed by atoms with E-state index >= 15 is 0 Å². The highest BCUT2D eigenvalue weighted by Crippen LogP contribution is 2.66. The summed E-state index contributed by atoms with van der Waals surface area (Å²) in [5, 5.41) is 32.1. The molecule has 0 radical (unpaired) electrons. The molecule has 0 aromatic heterocycles. The summed E-state index contributed by atoms with van der Waals surface area (Å²) < 4.78 is 13.2. The van der Waals surface area contributed by atoms with E-state index in [0.717, 1.165) is 64.4 Å². The van der Waals surface area contributed by atoms with Gasteiger partial charge < -0.3 is 24.8 Å². The lowest BCUT2D eigenvalue weighted by molar-refractivity contribution is -0.272. The zero-order valence-electron chi connectivity index (χ0n) is 20.6. The first kappa shape index (κ1) is 23.5. The van der Waals surface area contributed by atoms with E-state index in [0.29, 0.717) is 29.6 Å². The predicted octanol–water partition coefficient (Wildman–Crippen LogP) is 4.13. The van der Waals surface area contributed by atoms with E-state index < -0.39 is 5.79 Å². The van der Waals surface area contributed by atoms with Crippen molar-refractivity contribution in [2.45, 2.75) is 110 Å². The molecule has 5 rings (SSSR count). The Morgan fingerprint density at radius 3 is 2.44 bits per heavy atom. The van der Waals surface area contributed by atoms with Crippen molar-refractivity contribution in [2.24, 2.45) is 46.3 Å². The fraction of sp³-hybridized carbons (Fsp3) is 1.00. The summed E-state index contributed by atoms with van der Waals surface area (Å²) in [6, 6.07) is 0. The van der Waals surface area contributed by atoms with E-state index in [1.54, 1.807) is 0 Å².